The van der Waals surface area contributed by atoms with Gasteiger partial charge in [0.15, 0.2) is 5.82 Å². The Morgan fingerprint density at radius 3 is 3.00 bits per heavy atom. The standard InChI is InChI=1S/C12H19N5O2/c1-2-10-8(3-4-19-10)5-16-12(18)9-6-15-11(17-13)7-14-9/h6-8,10H,2-5,13H2,1H3,(H,15,17)(H,16,18). The Kier molecular flexibility index (Phi) is 4.64. The Morgan fingerprint density at radius 2 is 2.37 bits per heavy atom. The van der Waals surface area contributed by atoms with Crippen molar-refractivity contribution < 1.29 is 9.53 Å². The molecule has 1 saturated heterocycles. The molecule has 1 aliphatic heterocycles. The van der Waals surface area contributed by atoms with E-state index in [1.807, 2.05) is 0 Å². The fraction of sp³-hybridized carbons (Fsp3) is 0.583. The van der Waals surface area contributed by atoms with Crippen LogP contribution in [0.15, 0.2) is 12.4 Å². The molecule has 0 radical (unpaired) electrons. The summed E-state index contributed by atoms with van der Waals surface area (Å²) in [5, 5.41) is 2.87. The molecule has 0 saturated carbocycles. The molecule has 0 aliphatic carbocycles. The molecular weight excluding hydrogens is 246 g/mol. The number of nitrogens with zero attached hydrogens (tertiary/aromatic N) is 2. The Balaban J connectivity index is 1.86. The van der Waals surface area contributed by atoms with Crippen molar-refractivity contribution in [2.45, 2.75) is 25.9 Å². The first-order valence-corrected chi connectivity index (χ1v) is 6.43. The molecule has 0 spiro atoms. The molecular formula is C12H19N5O2. The summed E-state index contributed by atoms with van der Waals surface area (Å²) in [4.78, 5) is 19.8. The van der Waals surface area contributed by atoms with Gasteiger partial charge in [-0.25, -0.2) is 15.8 Å². The molecule has 2 atom stereocenters. The fourth-order valence-electron chi connectivity index (χ4n) is 2.21. The van der Waals surface area contributed by atoms with Crippen molar-refractivity contribution in [1.82, 2.24) is 15.3 Å². The van der Waals surface area contributed by atoms with E-state index in [0.29, 0.717) is 18.3 Å². The Bertz CT molecular complexity index is 423. The zero-order valence-corrected chi connectivity index (χ0v) is 10.9. The lowest BCUT2D eigenvalue weighted by Crippen LogP contribution is -2.33. The minimum atomic E-state index is -0.224. The van der Waals surface area contributed by atoms with E-state index in [0.717, 1.165) is 19.4 Å². The fourth-order valence-corrected chi connectivity index (χ4v) is 2.21. The molecule has 0 bridgehead atoms. The predicted octanol–water partition coefficient (Wildman–Crippen LogP) is 0.307. The van der Waals surface area contributed by atoms with Gasteiger partial charge in [0.1, 0.15) is 5.69 Å². The number of hydrazine groups is 1. The summed E-state index contributed by atoms with van der Waals surface area (Å²) < 4.78 is 5.58. The van der Waals surface area contributed by atoms with Crippen LogP contribution >= 0.6 is 0 Å². The number of hydrogen-bond acceptors (Lipinski definition) is 6. The molecule has 2 heterocycles. The second kappa shape index (κ2) is 6.44. The molecule has 7 heteroatoms. The molecule has 2 rings (SSSR count). The number of nitrogen functional groups attached to an aromatic ring is 1. The molecule has 2 unspecified atom stereocenters. The van der Waals surface area contributed by atoms with Gasteiger partial charge >= 0.3 is 0 Å². The van der Waals surface area contributed by atoms with Crippen LogP contribution in [0, 0.1) is 5.92 Å². The van der Waals surface area contributed by atoms with E-state index in [4.69, 9.17) is 10.6 Å². The Morgan fingerprint density at radius 1 is 1.53 bits per heavy atom. The first-order valence-electron chi connectivity index (χ1n) is 6.43. The number of amides is 1. The molecule has 1 aliphatic rings. The highest BCUT2D eigenvalue weighted by Crippen LogP contribution is 2.22. The van der Waals surface area contributed by atoms with Crippen LogP contribution in [0.25, 0.3) is 0 Å². The number of carbonyl (C=O) groups excluding carboxylic acids is 1. The normalized spacial score (nSPS) is 22.2. The predicted molar refractivity (Wildman–Crippen MR) is 70.3 cm³/mol. The molecule has 7 nitrogen and oxygen atoms in total. The van der Waals surface area contributed by atoms with Gasteiger partial charge < -0.3 is 15.5 Å². The highest BCUT2D eigenvalue weighted by atomic mass is 16.5. The van der Waals surface area contributed by atoms with Crippen molar-refractivity contribution in [1.29, 1.82) is 0 Å². The van der Waals surface area contributed by atoms with Crippen molar-refractivity contribution in [3.8, 4) is 0 Å². The van der Waals surface area contributed by atoms with E-state index >= 15 is 0 Å². The molecule has 1 aromatic heterocycles. The average molecular weight is 265 g/mol. The van der Waals surface area contributed by atoms with Gasteiger partial charge in [-0.1, -0.05) is 6.92 Å². The number of nitrogens with one attached hydrogen (secondary N) is 2. The maximum Gasteiger partial charge on any atom is 0.271 e. The zero-order valence-electron chi connectivity index (χ0n) is 10.9. The number of carbonyl (C=O) groups is 1. The monoisotopic (exact) mass is 265 g/mol. The summed E-state index contributed by atoms with van der Waals surface area (Å²) in [6.45, 7) is 3.47. The number of rotatable bonds is 5. The number of ether oxygens (including phenoxy) is 1. The second-order valence-corrected chi connectivity index (χ2v) is 4.51. The summed E-state index contributed by atoms with van der Waals surface area (Å²) in [7, 11) is 0. The molecule has 1 amide bonds. The minimum Gasteiger partial charge on any atom is -0.378 e. The topological polar surface area (TPSA) is 102 Å². The highest BCUT2D eigenvalue weighted by Gasteiger charge is 2.27. The van der Waals surface area contributed by atoms with E-state index in [-0.39, 0.29) is 17.7 Å². The van der Waals surface area contributed by atoms with Crippen LogP contribution < -0.4 is 16.6 Å². The number of hydrogen-bond donors (Lipinski definition) is 3. The first-order chi connectivity index (χ1) is 9.24. The van der Waals surface area contributed by atoms with Gasteiger partial charge in [0.05, 0.1) is 18.5 Å². The van der Waals surface area contributed by atoms with Crippen LogP contribution in [-0.2, 0) is 4.74 Å². The molecule has 104 valence electrons. The van der Waals surface area contributed by atoms with Gasteiger partial charge in [-0.2, -0.15) is 0 Å². The van der Waals surface area contributed by atoms with Crippen LogP contribution in [0.2, 0.25) is 0 Å². The summed E-state index contributed by atoms with van der Waals surface area (Å²) >= 11 is 0. The summed E-state index contributed by atoms with van der Waals surface area (Å²) in [6.07, 6.45) is 5.02. The molecule has 19 heavy (non-hydrogen) atoms. The van der Waals surface area contributed by atoms with Crippen molar-refractivity contribution in [3.63, 3.8) is 0 Å². The van der Waals surface area contributed by atoms with E-state index in [9.17, 15) is 4.79 Å². The third-order valence-corrected chi connectivity index (χ3v) is 3.31. The van der Waals surface area contributed by atoms with Crippen LogP contribution in [0.1, 0.15) is 30.3 Å². The van der Waals surface area contributed by atoms with Crippen molar-refractivity contribution in [3.05, 3.63) is 18.1 Å². The van der Waals surface area contributed by atoms with Crippen LogP contribution in [0.5, 0.6) is 0 Å². The molecule has 1 fully saturated rings. The number of aromatic nitrogens is 2. The van der Waals surface area contributed by atoms with Crippen LogP contribution in [-0.4, -0.2) is 35.1 Å². The largest absolute Gasteiger partial charge is 0.378 e. The van der Waals surface area contributed by atoms with Gasteiger partial charge in [-0.3, -0.25) is 4.79 Å². The summed E-state index contributed by atoms with van der Waals surface area (Å²) in [6, 6.07) is 0. The van der Waals surface area contributed by atoms with Gasteiger partial charge in [0.25, 0.3) is 5.91 Å². The van der Waals surface area contributed by atoms with Crippen molar-refractivity contribution >= 4 is 11.7 Å². The van der Waals surface area contributed by atoms with Gasteiger partial charge in [0.2, 0.25) is 0 Å². The maximum atomic E-state index is 11.9. The first kappa shape index (κ1) is 13.7. The lowest BCUT2D eigenvalue weighted by atomic mass is 10.00. The summed E-state index contributed by atoms with van der Waals surface area (Å²) in [5.74, 6) is 5.76. The third kappa shape index (κ3) is 3.39. The van der Waals surface area contributed by atoms with E-state index in [2.05, 4.69) is 27.6 Å². The lowest BCUT2D eigenvalue weighted by molar-refractivity contribution is 0.0825. The molecule has 0 aromatic carbocycles. The van der Waals surface area contributed by atoms with E-state index in [1.165, 1.54) is 12.4 Å². The Labute approximate surface area is 111 Å². The number of nitrogens with two attached hydrogens (primary N) is 1. The van der Waals surface area contributed by atoms with Crippen molar-refractivity contribution in [2.75, 3.05) is 18.6 Å². The van der Waals surface area contributed by atoms with Crippen LogP contribution in [0.3, 0.4) is 0 Å². The SMILES string of the molecule is CCC1OCCC1CNC(=O)c1cnc(NN)cn1. The molecule has 4 N–H and O–H groups in total. The molecule has 1 aromatic rings. The zero-order chi connectivity index (χ0) is 13.7. The number of anilines is 1. The van der Waals surface area contributed by atoms with Gasteiger partial charge in [0, 0.05) is 19.1 Å². The third-order valence-electron chi connectivity index (χ3n) is 3.31. The minimum absolute atomic E-state index is 0.224. The quantitative estimate of drug-likeness (QED) is 0.523. The van der Waals surface area contributed by atoms with E-state index < -0.39 is 0 Å². The summed E-state index contributed by atoms with van der Waals surface area (Å²) in [5.41, 5.74) is 2.64. The maximum absolute atomic E-state index is 11.9. The van der Waals surface area contributed by atoms with Crippen molar-refractivity contribution in [2.24, 2.45) is 11.8 Å². The van der Waals surface area contributed by atoms with Gasteiger partial charge in [-0.15, -0.1) is 0 Å². The van der Waals surface area contributed by atoms with Crippen LogP contribution in [0.4, 0.5) is 5.82 Å². The van der Waals surface area contributed by atoms with E-state index in [1.54, 1.807) is 0 Å². The van der Waals surface area contributed by atoms with Gasteiger partial charge in [-0.05, 0) is 12.8 Å². The lowest BCUT2D eigenvalue weighted by Gasteiger charge is -2.16. The smallest absolute Gasteiger partial charge is 0.271 e. The average Bonchev–Trinajstić information content (AvgIpc) is 2.92. The second-order valence-electron chi connectivity index (χ2n) is 4.51. The Hall–Kier alpha value is -1.73. The highest BCUT2D eigenvalue weighted by molar-refractivity contribution is 5.91.